The van der Waals surface area contributed by atoms with Gasteiger partial charge in [0.1, 0.15) is 0 Å². The van der Waals surface area contributed by atoms with Gasteiger partial charge in [0, 0.05) is 0 Å². The third-order valence-corrected chi connectivity index (χ3v) is 3.77. The van der Waals surface area contributed by atoms with Crippen molar-refractivity contribution in [3.05, 3.63) is 35.4 Å². The fourth-order valence-electron chi connectivity index (χ4n) is 2.40. The molecule has 1 rings (SSSR count). The van der Waals surface area contributed by atoms with E-state index < -0.39 is 17.9 Å². The van der Waals surface area contributed by atoms with Crippen LogP contribution in [0, 0.1) is 11.8 Å². The van der Waals surface area contributed by atoms with Crippen molar-refractivity contribution in [2.75, 3.05) is 0 Å². The maximum atomic E-state index is 12.9. The predicted molar refractivity (Wildman–Crippen MR) is 74.3 cm³/mol. The summed E-state index contributed by atoms with van der Waals surface area (Å²) >= 11 is 0. The summed E-state index contributed by atoms with van der Waals surface area (Å²) < 4.78 is 25.8. The zero-order valence-corrected chi connectivity index (χ0v) is 12.2. The molecule has 0 bridgehead atoms. The van der Waals surface area contributed by atoms with E-state index in [4.69, 9.17) is 0 Å². The van der Waals surface area contributed by atoms with Crippen LogP contribution in [0.4, 0.5) is 8.78 Å². The van der Waals surface area contributed by atoms with Gasteiger partial charge in [-0.3, -0.25) is 0 Å². The van der Waals surface area contributed by atoms with Crippen LogP contribution in [0.5, 0.6) is 0 Å². The molecule has 1 aromatic carbocycles. The van der Waals surface area contributed by atoms with E-state index in [1.807, 2.05) is 12.1 Å². The topological polar surface area (TPSA) is 20.2 Å². The van der Waals surface area contributed by atoms with Crippen molar-refractivity contribution in [3.8, 4) is 0 Å². The van der Waals surface area contributed by atoms with E-state index in [1.54, 1.807) is 19.1 Å². The van der Waals surface area contributed by atoms with Crippen molar-refractivity contribution < 1.29 is 13.9 Å². The number of rotatable bonds is 6. The van der Waals surface area contributed by atoms with Gasteiger partial charge < -0.3 is 5.11 Å². The van der Waals surface area contributed by atoms with E-state index in [0.717, 1.165) is 6.42 Å². The maximum absolute atomic E-state index is 12.9. The number of alkyl halides is 2. The molecule has 1 nitrogen and oxygen atoms in total. The minimum absolute atomic E-state index is 0.280. The zero-order chi connectivity index (χ0) is 14.6. The first-order valence-electron chi connectivity index (χ1n) is 6.91. The third-order valence-electron chi connectivity index (χ3n) is 3.77. The Balaban J connectivity index is 2.99. The molecule has 0 heterocycles. The Morgan fingerprint density at radius 2 is 1.63 bits per heavy atom. The van der Waals surface area contributed by atoms with Gasteiger partial charge in [-0.05, 0) is 29.9 Å². The van der Waals surface area contributed by atoms with Crippen LogP contribution in [0.15, 0.2) is 24.3 Å². The standard InChI is InChI=1S/C16H24F2O/c1-5-16(19,12(4)15(17)18)14-8-6-13(7-9-14)10-11(2)3/h6-9,11-12,15,19H,5,10H2,1-4H3. The number of halogens is 2. The van der Waals surface area contributed by atoms with Crippen LogP contribution < -0.4 is 0 Å². The van der Waals surface area contributed by atoms with Gasteiger partial charge in [0.25, 0.3) is 0 Å². The highest BCUT2D eigenvalue weighted by Crippen LogP contribution is 2.36. The van der Waals surface area contributed by atoms with Gasteiger partial charge in [0.05, 0.1) is 11.5 Å². The molecule has 0 spiro atoms. The maximum Gasteiger partial charge on any atom is 0.244 e. The molecule has 0 aliphatic heterocycles. The molecule has 0 radical (unpaired) electrons. The third kappa shape index (κ3) is 3.75. The molecule has 0 aromatic heterocycles. The van der Waals surface area contributed by atoms with Gasteiger partial charge in [0.15, 0.2) is 0 Å². The van der Waals surface area contributed by atoms with E-state index in [9.17, 15) is 13.9 Å². The predicted octanol–water partition coefficient (Wildman–Crippen LogP) is 4.38. The molecule has 2 atom stereocenters. The Morgan fingerprint density at radius 1 is 1.11 bits per heavy atom. The van der Waals surface area contributed by atoms with Crippen molar-refractivity contribution >= 4 is 0 Å². The first-order valence-corrected chi connectivity index (χ1v) is 6.91. The van der Waals surface area contributed by atoms with Crippen LogP contribution in [0.1, 0.15) is 45.2 Å². The fraction of sp³-hybridized carbons (Fsp3) is 0.625. The van der Waals surface area contributed by atoms with Crippen molar-refractivity contribution in [2.45, 2.75) is 52.6 Å². The van der Waals surface area contributed by atoms with Crippen molar-refractivity contribution in [1.29, 1.82) is 0 Å². The van der Waals surface area contributed by atoms with Crippen LogP contribution in [0.3, 0.4) is 0 Å². The molecule has 19 heavy (non-hydrogen) atoms. The van der Waals surface area contributed by atoms with E-state index in [2.05, 4.69) is 13.8 Å². The lowest BCUT2D eigenvalue weighted by atomic mass is 9.80. The lowest BCUT2D eigenvalue weighted by Crippen LogP contribution is -2.36. The Labute approximate surface area is 114 Å². The van der Waals surface area contributed by atoms with Crippen molar-refractivity contribution in [1.82, 2.24) is 0 Å². The molecule has 108 valence electrons. The van der Waals surface area contributed by atoms with E-state index >= 15 is 0 Å². The van der Waals surface area contributed by atoms with Gasteiger partial charge in [-0.25, -0.2) is 8.78 Å². The first-order chi connectivity index (χ1) is 8.81. The lowest BCUT2D eigenvalue weighted by Gasteiger charge is -2.33. The average molecular weight is 270 g/mol. The largest absolute Gasteiger partial charge is 0.385 e. The molecular weight excluding hydrogens is 246 g/mol. The highest BCUT2D eigenvalue weighted by atomic mass is 19.3. The molecule has 0 fully saturated rings. The highest BCUT2D eigenvalue weighted by molar-refractivity contribution is 5.28. The highest BCUT2D eigenvalue weighted by Gasteiger charge is 2.39. The quantitative estimate of drug-likeness (QED) is 0.813. The minimum atomic E-state index is -2.53. The Morgan fingerprint density at radius 3 is 2.00 bits per heavy atom. The lowest BCUT2D eigenvalue weighted by molar-refractivity contribution is -0.0847. The van der Waals surface area contributed by atoms with Gasteiger partial charge >= 0.3 is 0 Å². The van der Waals surface area contributed by atoms with Crippen LogP contribution in [-0.4, -0.2) is 11.5 Å². The van der Waals surface area contributed by atoms with E-state index in [0.29, 0.717) is 11.5 Å². The Kier molecular flexibility index (Phi) is 5.48. The van der Waals surface area contributed by atoms with Crippen molar-refractivity contribution in [2.24, 2.45) is 11.8 Å². The molecule has 0 aliphatic rings. The molecule has 0 aliphatic carbocycles. The SMILES string of the molecule is CCC(O)(c1ccc(CC(C)C)cc1)C(C)C(F)F. The molecule has 2 unspecified atom stereocenters. The first kappa shape index (κ1) is 16.1. The van der Waals surface area contributed by atoms with Gasteiger partial charge in [0.2, 0.25) is 6.43 Å². The fourth-order valence-corrected chi connectivity index (χ4v) is 2.40. The summed E-state index contributed by atoms with van der Waals surface area (Å²) in [5.41, 5.74) is 0.294. The molecule has 1 aromatic rings. The Bertz CT molecular complexity index is 386. The summed E-state index contributed by atoms with van der Waals surface area (Å²) in [6, 6.07) is 7.41. The number of hydrogen-bond acceptors (Lipinski definition) is 1. The van der Waals surface area contributed by atoms with Gasteiger partial charge in [-0.2, -0.15) is 0 Å². The Hall–Kier alpha value is -0.960. The summed E-state index contributed by atoms with van der Waals surface area (Å²) in [5, 5.41) is 10.5. The van der Waals surface area contributed by atoms with Gasteiger partial charge in [-0.15, -0.1) is 0 Å². The second kappa shape index (κ2) is 6.47. The number of aliphatic hydroxyl groups is 1. The van der Waals surface area contributed by atoms with Crippen molar-refractivity contribution in [3.63, 3.8) is 0 Å². The second-order valence-corrected chi connectivity index (χ2v) is 5.70. The summed E-state index contributed by atoms with van der Waals surface area (Å²) in [7, 11) is 0. The summed E-state index contributed by atoms with van der Waals surface area (Å²) in [4.78, 5) is 0. The molecule has 0 saturated heterocycles. The van der Waals surface area contributed by atoms with E-state index in [-0.39, 0.29) is 6.42 Å². The average Bonchev–Trinajstić information content (AvgIpc) is 2.37. The smallest absolute Gasteiger partial charge is 0.244 e. The minimum Gasteiger partial charge on any atom is -0.385 e. The van der Waals surface area contributed by atoms with Gasteiger partial charge in [-0.1, -0.05) is 52.0 Å². The number of benzene rings is 1. The molecule has 0 amide bonds. The molecule has 1 N–H and O–H groups in total. The summed E-state index contributed by atoms with van der Waals surface area (Å²) in [5.74, 6) is -0.524. The number of hydrogen-bond donors (Lipinski definition) is 1. The van der Waals surface area contributed by atoms with E-state index in [1.165, 1.54) is 12.5 Å². The second-order valence-electron chi connectivity index (χ2n) is 5.70. The van der Waals surface area contributed by atoms with Crippen LogP contribution in [-0.2, 0) is 12.0 Å². The zero-order valence-electron chi connectivity index (χ0n) is 12.2. The van der Waals surface area contributed by atoms with Crippen LogP contribution in [0.25, 0.3) is 0 Å². The van der Waals surface area contributed by atoms with Crippen LogP contribution in [0.2, 0.25) is 0 Å². The molecular formula is C16H24F2O. The normalized spacial score (nSPS) is 16.7. The summed E-state index contributed by atoms with van der Waals surface area (Å²) in [6.45, 7) is 7.40. The van der Waals surface area contributed by atoms with Crippen LogP contribution >= 0.6 is 0 Å². The molecule has 0 saturated carbocycles. The monoisotopic (exact) mass is 270 g/mol. The molecule has 3 heteroatoms. The summed E-state index contributed by atoms with van der Waals surface area (Å²) in [6.07, 6.45) is -1.29.